The molecule has 23 heavy (non-hydrogen) atoms. The van der Waals surface area contributed by atoms with Gasteiger partial charge in [-0.1, -0.05) is 54.6 Å². The molecule has 0 radical (unpaired) electrons. The van der Waals surface area contributed by atoms with Crippen molar-refractivity contribution >= 4 is 29.3 Å². The molecule has 2 rings (SSSR count). The van der Waals surface area contributed by atoms with Gasteiger partial charge in [-0.3, -0.25) is 0 Å². The number of halogens is 1. The number of hydrogen-bond acceptors (Lipinski definition) is 3. The van der Waals surface area contributed by atoms with Crippen LogP contribution in [0.3, 0.4) is 0 Å². The minimum atomic E-state index is -0.321. The molecule has 0 bridgehead atoms. The van der Waals surface area contributed by atoms with Crippen LogP contribution in [-0.2, 0) is 15.3 Å². The Hall–Kier alpha value is -1.71. The average molecular weight is 347 g/mol. The quantitative estimate of drug-likeness (QED) is 0.383. The standard InChI is InChI=1S/C19H19ClO2S/c1-14(2)19(21)22-11-12-23-13-15-3-5-16(6-4-15)17-7-9-18(20)10-8-17/h3-10H,1,11-13H2,2H3. The van der Waals surface area contributed by atoms with Gasteiger partial charge in [-0.2, -0.15) is 11.8 Å². The zero-order valence-electron chi connectivity index (χ0n) is 13.0. The number of carbonyl (C=O) groups excluding carboxylic acids is 1. The number of esters is 1. The van der Waals surface area contributed by atoms with E-state index in [0.717, 1.165) is 22.1 Å². The molecule has 0 fully saturated rings. The third-order valence-corrected chi connectivity index (χ3v) is 4.45. The summed E-state index contributed by atoms with van der Waals surface area (Å²) >= 11 is 7.64. The molecular formula is C19H19ClO2S. The second-order valence-electron chi connectivity index (χ2n) is 5.17. The summed E-state index contributed by atoms with van der Waals surface area (Å²) in [6.07, 6.45) is 0. The molecule has 120 valence electrons. The Morgan fingerprint density at radius 1 is 1.09 bits per heavy atom. The van der Waals surface area contributed by atoms with Gasteiger partial charge in [0, 0.05) is 22.1 Å². The monoisotopic (exact) mass is 346 g/mol. The van der Waals surface area contributed by atoms with Crippen molar-refractivity contribution in [2.75, 3.05) is 12.4 Å². The van der Waals surface area contributed by atoms with E-state index < -0.39 is 0 Å². The molecule has 0 N–H and O–H groups in total. The van der Waals surface area contributed by atoms with E-state index in [0.29, 0.717) is 12.2 Å². The lowest BCUT2D eigenvalue weighted by molar-refractivity contribution is -0.138. The smallest absolute Gasteiger partial charge is 0.333 e. The van der Waals surface area contributed by atoms with Crippen molar-refractivity contribution in [1.29, 1.82) is 0 Å². The van der Waals surface area contributed by atoms with E-state index >= 15 is 0 Å². The van der Waals surface area contributed by atoms with Crippen LogP contribution in [0.4, 0.5) is 0 Å². The first kappa shape index (κ1) is 17.6. The fraction of sp³-hybridized carbons (Fsp3) is 0.211. The average Bonchev–Trinajstić information content (AvgIpc) is 2.55. The summed E-state index contributed by atoms with van der Waals surface area (Å²) in [4.78, 5) is 11.2. The lowest BCUT2D eigenvalue weighted by Crippen LogP contribution is -2.07. The first-order valence-electron chi connectivity index (χ1n) is 7.31. The van der Waals surface area contributed by atoms with Gasteiger partial charge in [0.1, 0.15) is 6.61 Å². The highest BCUT2D eigenvalue weighted by Gasteiger charge is 2.03. The van der Waals surface area contributed by atoms with E-state index in [2.05, 4.69) is 30.8 Å². The second kappa shape index (κ2) is 8.80. The minimum Gasteiger partial charge on any atom is -0.461 e. The van der Waals surface area contributed by atoms with Crippen molar-refractivity contribution < 1.29 is 9.53 Å². The number of rotatable bonds is 7. The highest BCUT2D eigenvalue weighted by Crippen LogP contribution is 2.23. The fourth-order valence-corrected chi connectivity index (χ4v) is 2.84. The molecule has 0 atom stereocenters. The molecule has 0 saturated heterocycles. The molecule has 0 aromatic heterocycles. The lowest BCUT2D eigenvalue weighted by atomic mass is 10.0. The molecule has 0 spiro atoms. The van der Waals surface area contributed by atoms with Crippen LogP contribution in [0.15, 0.2) is 60.7 Å². The Bertz CT molecular complexity index is 663. The maximum absolute atomic E-state index is 11.2. The Morgan fingerprint density at radius 3 is 2.22 bits per heavy atom. The van der Waals surface area contributed by atoms with Crippen LogP contribution in [0.25, 0.3) is 11.1 Å². The molecule has 4 heteroatoms. The van der Waals surface area contributed by atoms with Crippen LogP contribution >= 0.6 is 23.4 Å². The van der Waals surface area contributed by atoms with Crippen molar-refractivity contribution in [3.8, 4) is 11.1 Å². The maximum Gasteiger partial charge on any atom is 0.333 e. The van der Waals surface area contributed by atoms with Crippen LogP contribution in [0.1, 0.15) is 12.5 Å². The summed E-state index contributed by atoms with van der Waals surface area (Å²) in [6, 6.07) is 16.3. The second-order valence-corrected chi connectivity index (χ2v) is 6.71. The van der Waals surface area contributed by atoms with Gasteiger partial charge in [0.2, 0.25) is 0 Å². The van der Waals surface area contributed by atoms with Gasteiger partial charge < -0.3 is 4.74 Å². The minimum absolute atomic E-state index is 0.321. The Labute approximate surface area is 146 Å². The van der Waals surface area contributed by atoms with Gasteiger partial charge in [-0.05, 0) is 35.7 Å². The third kappa shape index (κ3) is 5.77. The van der Waals surface area contributed by atoms with Crippen molar-refractivity contribution in [3.63, 3.8) is 0 Å². The zero-order valence-corrected chi connectivity index (χ0v) is 14.6. The molecule has 0 aliphatic rings. The molecule has 2 nitrogen and oxygen atoms in total. The van der Waals surface area contributed by atoms with Crippen molar-refractivity contribution in [3.05, 3.63) is 71.3 Å². The fourth-order valence-electron chi connectivity index (χ4n) is 1.94. The molecule has 2 aromatic carbocycles. The highest BCUT2D eigenvalue weighted by molar-refractivity contribution is 7.98. The van der Waals surface area contributed by atoms with Crippen LogP contribution in [0, 0.1) is 0 Å². The normalized spacial score (nSPS) is 10.3. The van der Waals surface area contributed by atoms with E-state index in [1.807, 2.05) is 24.3 Å². The number of thioether (sulfide) groups is 1. The lowest BCUT2D eigenvalue weighted by Gasteiger charge is -2.06. The summed E-state index contributed by atoms with van der Waals surface area (Å²) < 4.78 is 5.06. The largest absolute Gasteiger partial charge is 0.461 e. The van der Waals surface area contributed by atoms with Gasteiger partial charge in [-0.15, -0.1) is 0 Å². The Kier molecular flexibility index (Phi) is 6.75. The number of benzene rings is 2. The molecule has 0 aliphatic carbocycles. The van der Waals surface area contributed by atoms with Crippen molar-refractivity contribution in [2.45, 2.75) is 12.7 Å². The van der Waals surface area contributed by atoms with Gasteiger partial charge in [0.15, 0.2) is 0 Å². The van der Waals surface area contributed by atoms with Crippen LogP contribution in [0.5, 0.6) is 0 Å². The van der Waals surface area contributed by atoms with Gasteiger partial charge in [0.05, 0.1) is 0 Å². The van der Waals surface area contributed by atoms with Crippen molar-refractivity contribution in [2.24, 2.45) is 0 Å². The Balaban J connectivity index is 1.78. The van der Waals surface area contributed by atoms with E-state index in [-0.39, 0.29) is 5.97 Å². The third-order valence-electron chi connectivity index (χ3n) is 3.21. The summed E-state index contributed by atoms with van der Waals surface area (Å²) in [5.74, 6) is 1.35. The molecule has 0 saturated carbocycles. The molecule has 0 unspecified atom stereocenters. The van der Waals surface area contributed by atoms with Crippen LogP contribution in [-0.4, -0.2) is 18.3 Å². The highest BCUT2D eigenvalue weighted by atomic mass is 35.5. The first-order chi connectivity index (χ1) is 11.1. The van der Waals surface area contributed by atoms with Gasteiger partial charge >= 0.3 is 5.97 Å². The SMILES string of the molecule is C=C(C)C(=O)OCCSCc1ccc(-c2ccc(Cl)cc2)cc1. The predicted octanol–water partition coefficient (Wildman–Crippen LogP) is 5.36. The molecule has 2 aromatic rings. The molecule has 0 heterocycles. The van der Waals surface area contributed by atoms with Gasteiger partial charge in [0.25, 0.3) is 0 Å². The molecule has 0 amide bonds. The summed E-state index contributed by atoms with van der Waals surface area (Å²) in [6.45, 7) is 5.62. The Morgan fingerprint density at radius 2 is 1.65 bits per heavy atom. The molecular weight excluding hydrogens is 328 g/mol. The van der Waals surface area contributed by atoms with Gasteiger partial charge in [-0.25, -0.2) is 4.79 Å². The van der Waals surface area contributed by atoms with E-state index in [9.17, 15) is 4.79 Å². The number of ether oxygens (including phenoxy) is 1. The van der Waals surface area contributed by atoms with E-state index in [1.165, 1.54) is 11.1 Å². The van der Waals surface area contributed by atoms with Crippen LogP contribution < -0.4 is 0 Å². The van der Waals surface area contributed by atoms with E-state index in [4.69, 9.17) is 16.3 Å². The maximum atomic E-state index is 11.2. The summed E-state index contributed by atoms with van der Waals surface area (Å²) in [7, 11) is 0. The first-order valence-corrected chi connectivity index (χ1v) is 8.85. The van der Waals surface area contributed by atoms with Crippen LogP contribution in [0.2, 0.25) is 5.02 Å². The summed E-state index contributed by atoms with van der Waals surface area (Å²) in [5.41, 5.74) is 4.01. The van der Waals surface area contributed by atoms with Crippen molar-refractivity contribution in [1.82, 2.24) is 0 Å². The number of hydrogen-bond donors (Lipinski definition) is 0. The zero-order chi connectivity index (χ0) is 16.7. The summed E-state index contributed by atoms with van der Waals surface area (Å²) in [5, 5.41) is 0.745. The molecule has 0 aliphatic heterocycles. The topological polar surface area (TPSA) is 26.3 Å². The number of carbonyl (C=O) groups is 1. The van der Waals surface area contributed by atoms with E-state index in [1.54, 1.807) is 18.7 Å². The predicted molar refractivity (Wildman–Crippen MR) is 98.8 cm³/mol.